The number of hydrogen-bond acceptors (Lipinski definition) is 5. The van der Waals surface area contributed by atoms with Gasteiger partial charge in [-0.15, -0.1) is 0 Å². The van der Waals surface area contributed by atoms with Crippen LogP contribution in [0.25, 0.3) is 0 Å². The number of carbonyl (C=O) groups excluding carboxylic acids is 1. The Morgan fingerprint density at radius 2 is 2.00 bits per heavy atom. The van der Waals surface area contributed by atoms with Gasteiger partial charge in [0.1, 0.15) is 17.2 Å². The van der Waals surface area contributed by atoms with Crippen LogP contribution in [0.15, 0.2) is 41.5 Å². The minimum Gasteiger partial charge on any atom is -0.507 e. The van der Waals surface area contributed by atoms with Gasteiger partial charge in [-0.05, 0) is 36.4 Å². The van der Waals surface area contributed by atoms with Crippen LogP contribution >= 0.6 is 11.6 Å². The van der Waals surface area contributed by atoms with E-state index in [9.17, 15) is 9.90 Å². The summed E-state index contributed by atoms with van der Waals surface area (Å²) in [6.07, 6.45) is 1.42. The van der Waals surface area contributed by atoms with Crippen molar-refractivity contribution in [1.82, 2.24) is 5.43 Å². The number of aromatic hydroxyl groups is 1. The molecule has 0 fully saturated rings. The average molecular weight is 335 g/mol. The first kappa shape index (κ1) is 16.6. The Hall–Kier alpha value is -2.73. The summed E-state index contributed by atoms with van der Waals surface area (Å²) < 4.78 is 10.3. The van der Waals surface area contributed by atoms with Crippen LogP contribution in [0.4, 0.5) is 0 Å². The number of amides is 1. The van der Waals surface area contributed by atoms with Crippen LogP contribution in [0.1, 0.15) is 15.9 Å². The lowest BCUT2D eigenvalue weighted by Gasteiger charge is -2.07. The summed E-state index contributed by atoms with van der Waals surface area (Å²) in [5, 5.41) is 13.9. The van der Waals surface area contributed by atoms with Gasteiger partial charge in [-0.1, -0.05) is 11.6 Å². The second kappa shape index (κ2) is 7.51. The van der Waals surface area contributed by atoms with E-state index in [1.165, 1.54) is 31.5 Å². The molecule has 0 unspecified atom stereocenters. The summed E-state index contributed by atoms with van der Waals surface area (Å²) in [6.45, 7) is 0. The fourth-order valence-electron chi connectivity index (χ4n) is 1.85. The van der Waals surface area contributed by atoms with Gasteiger partial charge >= 0.3 is 0 Å². The van der Waals surface area contributed by atoms with Crippen molar-refractivity contribution in [3.63, 3.8) is 0 Å². The van der Waals surface area contributed by atoms with E-state index in [2.05, 4.69) is 10.5 Å². The summed E-state index contributed by atoms with van der Waals surface area (Å²) >= 11 is 5.80. The summed E-state index contributed by atoms with van der Waals surface area (Å²) in [5.74, 6) is 0.449. The highest BCUT2D eigenvalue weighted by Gasteiger charge is 2.11. The van der Waals surface area contributed by atoms with Gasteiger partial charge in [0.05, 0.1) is 26.0 Å². The molecule has 120 valence electrons. The number of methoxy groups -OCH3 is 2. The Kier molecular flexibility index (Phi) is 5.43. The molecule has 0 radical (unpaired) electrons. The molecular formula is C16H15ClN2O4. The molecule has 0 heterocycles. The molecule has 0 aliphatic heterocycles. The molecule has 2 rings (SSSR count). The first-order valence-corrected chi connectivity index (χ1v) is 6.97. The molecule has 0 aromatic heterocycles. The van der Waals surface area contributed by atoms with Crippen LogP contribution in [-0.2, 0) is 0 Å². The lowest BCUT2D eigenvalue weighted by Crippen LogP contribution is -2.17. The third-order valence-electron chi connectivity index (χ3n) is 3.01. The van der Waals surface area contributed by atoms with Crippen LogP contribution in [0.2, 0.25) is 5.02 Å². The summed E-state index contributed by atoms with van der Waals surface area (Å²) in [4.78, 5) is 12.0. The summed E-state index contributed by atoms with van der Waals surface area (Å²) in [6, 6.07) is 9.37. The van der Waals surface area contributed by atoms with Crippen molar-refractivity contribution in [2.24, 2.45) is 5.10 Å². The van der Waals surface area contributed by atoms with E-state index in [1.54, 1.807) is 25.3 Å². The van der Waals surface area contributed by atoms with Gasteiger partial charge in [-0.2, -0.15) is 5.10 Å². The van der Waals surface area contributed by atoms with Crippen LogP contribution < -0.4 is 14.9 Å². The number of ether oxygens (including phenoxy) is 2. The highest BCUT2D eigenvalue weighted by Crippen LogP contribution is 2.23. The second-order valence-corrected chi connectivity index (χ2v) is 4.90. The lowest BCUT2D eigenvalue weighted by molar-refractivity contribution is 0.0952. The van der Waals surface area contributed by atoms with Crippen LogP contribution in [0.3, 0.4) is 0 Å². The molecule has 23 heavy (non-hydrogen) atoms. The van der Waals surface area contributed by atoms with E-state index in [4.69, 9.17) is 21.1 Å². The van der Waals surface area contributed by atoms with Gasteiger partial charge in [0.15, 0.2) is 0 Å². The predicted octanol–water partition coefficient (Wildman–Crippen LogP) is 2.83. The normalized spacial score (nSPS) is 10.6. The Morgan fingerprint density at radius 1 is 1.22 bits per heavy atom. The van der Waals surface area contributed by atoms with Crippen molar-refractivity contribution in [3.8, 4) is 17.2 Å². The molecule has 2 N–H and O–H groups in total. The van der Waals surface area contributed by atoms with Crippen LogP contribution in [0.5, 0.6) is 17.2 Å². The van der Waals surface area contributed by atoms with E-state index in [0.29, 0.717) is 22.1 Å². The molecule has 2 aromatic carbocycles. The maximum absolute atomic E-state index is 12.0. The van der Waals surface area contributed by atoms with Crippen molar-refractivity contribution in [2.45, 2.75) is 0 Å². The molecule has 0 aliphatic rings. The average Bonchev–Trinajstić information content (AvgIpc) is 2.56. The molecule has 0 saturated heterocycles. The highest BCUT2D eigenvalue weighted by molar-refractivity contribution is 6.31. The number of phenolic OH excluding ortho intramolecular Hbond substituents is 1. The van der Waals surface area contributed by atoms with Gasteiger partial charge in [-0.25, -0.2) is 5.43 Å². The van der Waals surface area contributed by atoms with E-state index in [1.807, 2.05) is 0 Å². The minimum atomic E-state index is -0.580. The topological polar surface area (TPSA) is 80.2 Å². The molecule has 0 saturated carbocycles. The number of nitrogens with zero attached hydrogens (tertiary/aromatic N) is 1. The lowest BCUT2D eigenvalue weighted by atomic mass is 10.2. The third kappa shape index (κ3) is 4.14. The van der Waals surface area contributed by atoms with E-state index < -0.39 is 5.91 Å². The van der Waals surface area contributed by atoms with Crippen molar-refractivity contribution >= 4 is 23.7 Å². The molecule has 6 nitrogen and oxygen atoms in total. The number of phenols is 1. The molecule has 2 aromatic rings. The smallest absolute Gasteiger partial charge is 0.275 e. The molecule has 0 aliphatic carbocycles. The molecule has 0 spiro atoms. The zero-order valence-electron chi connectivity index (χ0n) is 12.5. The first-order valence-electron chi connectivity index (χ1n) is 6.59. The molecule has 0 bridgehead atoms. The Morgan fingerprint density at radius 3 is 2.70 bits per heavy atom. The van der Waals surface area contributed by atoms with Gasteiger partial charge < -0.3 is 14.6 Å². The van der Waals surface area contributed by atoms with Gasteiger partial charge in [-0.3, -0.25) is 4.79 Å². The quantitative estimate of drug-likeness (QED) is 0.651. The number of hydrazone groups is 1. The van der Waals surface area contributed by atoms with Crippen molar-refractivity contribution in [1.29, 1.82) is 0 Å². The number of hydrogen-bond donors (Lipinski definition) is 2. The monoisotopic (exact) mass is 334 g/mol. The second-order valence-electron chi connectivity index (χ2n) is 4.47. The first-order chi connectivity index (χ1) is 11.0. The van der Waals surface area contributed by atoms with E-state index in [0.717, 1.165) is 0 Å². The van der Waals surface area contributed by atoms with E-state index in [-0.39, 0.29) is 11.3 Å². The van der Waals surface area contributed by atoms with Gasteiger partial charge in [0.2, 0.25) is 0 Å². The highest BCUT2D eigenvalue weighted by atomic mass is 35.5. The number of carbonyl (C=O) groups is 1. The number of halogens is 1. The Balaban J connectivity index is 2.15. The molecule has 7 heteroatoms. The zero-order chi connectivity index (χ0) is 16.8. The summed E-state index contributed by atoms with van der Waals surface area (Å²) in [7, 11) is 3.08. The van der Waals surface area contributed by atoms with Gasteiger partial charge in [0.25, 0.3) is 5.91 Å². The molecule has 1 amide bonds. The summed E-state index contributed by atoms with van der Waals surface area (Å²) in [5.41, 5.74) is 2.98. The minimum absolute atomic E-state index is 0.0345. The standard InChI is InChI=1S/C16H15ClN2O4/c1-22-12-4-6-15(23-2)10(7-12)9-18-19-16(21)13-8-11(17)3-5-14(13)20/h3-9,20H,1-2H3,(H,19,21)/b18-9+. The van der Waals surface area contributed by atoms with Crippen LogP contribution in [-0.4, -0.2) is 31.4 Å². The molecular weight excluding hydrogens is 320 g/mol. The largest absolute Gasteiger partial charge is 0.507 e. The maximum atomic E-state index is 12.0. The zero-order valence-corrected chi connectivity index (χ0v) is 13.3. The Bertz CT molecular complexity index is 747. The van der Waals surface area contributed by atoms with Crippen LogP contribution in [0, 0.1) is 0 Å². The number of nitrogens with one attached hydrogen (secondary N) is 1. The number of rotatable bonds is 5. The molecule has 0 atom stereocenters. The van der Waals surface area contributed by atoms with E-state index >= 15 is 0 Å². The van der Waals surface area contributed by atoms with Crippen molar-refractivity contribution in [2.75, 3.05) is 14.2 Å². The predicted molar refractivity (Wildman–Crippen MR) is 87.7 cm³/mol. The SMILES string of the molecule is COc1ccc(OC)c(/C=N/NC(=O)c2cc(Cl)ccc2O)c1. The van der Waals surface area contributed by atoms with Crippen molar-refractivity contribution < 1.29 is 19.4 Å². The van der Waals surface area contributed by atoms with Gasteiger partial charge in [0, 0.05) is 10.6 Å². The third-order valence-corrected chi connectivity index (χ3v) is 3.24. The number of benzene rings is 2. The fourth-order valence-corrected chi connectivity index (χ4v) is 2.02. The van der Waals surface area contributed by atoms with Crippen molar-refractivity contribution in [3.05, 3.63) is 52.5 Å². The fraction of sp³-hybridized carbons (Fsp3) is 0.125. The maximum Gasteiger partial charge on any atom is 0.275 e. The Labute approximate surface area is 138 Å².